The van der Waals surface area contributed by atoms with Crippen molar-refractivity contribution < 1.29 is 39.6 Å². The van der Waals surface area contributed by atoms with Gasteiger partial charge in [0.2, 0.25) is 0 Å². The molecular formula is C16H17NO8. The summed E-state index contributed by atoms with van der Waals surface area (Å²) in [5, 5.41) is 32.9. The fourth-order valence-corrected chi connectivity index (χ4v) is 1.33. The highest BCUT2D eigenvalue weighted by atomic mass is 16.4. The van der Waals surface area contributed by atoms with Crippen LogP contribution in [0.4, 0.5) is 0 Å². The molecule has 0 heterocycles. The molecule has 1 aromatic carbocycles. The Bertz CT molecular complexity index is 633. The zero-order chi connectivity index (χ0) is 19.4. The van der Waals surface area contributed by atoms with Gasteiger partial charge in [-0.05, 0) is 23.3 Å². The van der Waals surface area contributed by atoms with Crippen molar-refractivity contribution in [1.82, 2.24) is 0 Å². The Balaban J connectivity index is 0.000000547. The summed E-state index contributed by atoms with van der Waals surface area (Å²) >= 11 is 0. The van der Waals surface area contributed by atoms with Crippen molar-refractivity contribution in [2.75, 3.05) is 0 Å². The van der Waals surface area contributed by atoms with E-state index >= 15 is 0 Å². The van der Waals surface area contributed by atoms with E-state index in [1.807, 2.05) is 0 Å². The highest BCUT2D eigenvalue weighted by Gasteiger charge is 2.14. The van der Waals surface area contributed by atoms with Crippen LogP contribution in [0.2, 0.25) is 0 Å². The summed E-state index contributed by atoms with van der Waals surface area (Å²) in [6.07, 6.45) is 4.49. The molecule has 0 saturated heterocycles. The lowest BCUT2D eigenvalue weighted by Crippen LogP contribution is -2.32. The Morgan fingerprint density at radius 1 is 0.840 bits per heavy atom. The monoisotopic (exact) mass is 351 g/mol. The minimum absolute atomic E-state index is 0.532. The third kappa shape index (κ3) is 11.7. The number of carbonyl (C=O) groups is 4. The van der Waals surface area contributed by atoms with E-state index in [4.69, 9.17) is 26.2 Å². The van der Waals surface area contributed by atoms with Gasteiger partial charge in [0.05, 0.1) is 6.42 Å². The minimum atomic E-state index is -1.29. The summed E-state index contributed by atoms with van der Waals surface area (Å²) in [5.41, 5.74) is 6.33. The standard InChI is InChI=1S/C12H10O4.C4H7NO4/c13-11(14)7-5-9-1-2-10(4-3-9)6-8-12(15)16;5-2(4(8)9)1-3(6)7/h1-8H,(H,13,14)(H,15,16);2H,1,5H2,(H,6,7)(H,8,9)/t;2-/m.0/s1. The molecule has 9 heteroatoms. The molecule has 1 atom stereocenters. The lowest BCUT2D eigenvalue weighted by molar-refractivity contribution is -0.144. The summed E-state index contributed by atoms with van der Waals surface area (Å²) in [5.74, 6) is -4.51. The highest BCUT2D eigenvalue weighted by Crippen LogP contribution is 2.07. The SMILES string of the molecule is N[C@@H](CC(=O)O)C(=O)O.O=C(O)C=Cc1ccc(C=CC(=O)O)cc1. The minimum Gasteiger partial charge on any atom is -0.481 e. The van der Waals surface area contributed by atoms with Crippen LogP contribution in [0.3, 0.4) is 0 Å². The largest absolute Gasteiger partial charge is 0.481 e. The Labute approximate surface area is 142 Å². The fourth-order valence-electron chi connectivity index (χ4n) is 1.33. The average molecular weight is 351 g/mol. The van der Waals surface area contributed by atoms with Gasteiger partial charge in [0.15, 0.2) is 0 Å². The second-order valence-electron chi connectivity index (χ2n) is 4.55. The average Bonchev–Trinajstić information content (AvgIpc) is 2.51. The number of hydrogen-bond acceptors (Lipinski definition) is 5. The molecule has 0 amide bonds. The van der Waals surface area contributed by atoms with Crippen LogP contribution < -0.4 is 5.73 Å². The highest BCUT2D eigenvalue weighted by molar-refractivity contribution is 5.86. The third-order valence-corrected chi connectivity index (χ3v) is 2.48. The van der Waals surface area contributed by atoms with Crippen LogP contribution in [-0.4, -0.2) is 50.3 Å². The summed E-state index contributed by atoms with van der Waals surface area (Å²) in [4.78, 5) is 40.1. The number of nitrogens with two attached hydrogens (primary N) is 1. The van der Waals surface area contributed by atoms with Gasteiger partial charge in [0, 0.05) is 12.2 Å². The van der Waals surface area contributed by atoms with Crippen LogP contribution >= 0.6 is 0 Å². The first kappa shape index (κ1) is 21.5. The van der Waals surface area contributed by atoms with Crippen molar-refractivity contribution in [2.45, 2.75) is 12.5 Å². The Morgan fingerprint density at radius 3 is 1.40 bits per heavy atom. The van der Waals surface area contributed by atoms with Crippen molar-refractivity contribution in [3.8, 4) is 0 Å². The van der Waals surface area contributed by atoms with Crippen molar-refractivity contribution in [1.29, 1.82) is 0 Å². The van der Waals surface area contributed by atoms with E-state index in [2.05, 4.69) is 0 Å². The maximum atomic E-state index is 10.3. The molecular weight excluding hydrogens is 334 g/mol. The molecule has 134 valence electrons. The first-order valence-electron chi connectivity index (χ1n) is 6.74. The van der Waals surface area contributed by atoms with E-state index in [1.165, 1.54) is 12.2 Å². The molecule has 6 N–H and O–H groups in total. The molecule has 0 saturated carbocycles. The second-order valence-corrected chi connectivity index (χ2v) is 4.55. The van der Waals surface area contributed by atoms with Crippen LogP contribution in [0.5, 0.6) is 0 Å². The number of benzene rings is 1. The molecule has 1 rings (SSSR count). The summed E-state index contributed by atoms with van der Waals surface area (Å²) in [6, 6.07) is 5.55. The summed E-state index contributed by atoms with van der Waals surface area (Å²) in [7, 11) is 0. The normalized spacial score (nSPS) is 11.6. The topological polar surface area (TPSA) is 175 Å². The van der Waals surface area contributed by atoms with Gasteiger partial charge in [-0.15, -0.1) is 0 Å². The number of aliphatic carboxylic acids is 4. The zero-order valence-corrected chi connectivity index (χ0v) is 12.9. The molecule has 0 aliphatic heterocycles. The number of rotatable bonds is 7. The van der Waals surface area contributed by atoms with Gasteiger partial charge in [0.1, 0.15) is 6.04 Å². The Hall–Kier alpha value is -3.46. The Morgan fingerprint density at radius 2 is 1.20 bits per heavy atom. The zero-order valence-electron chi connectivity index (χ0n) is 12.9. The first-order valence-corrected chi connectivity index (χ1v) is 6.74. The van der Waals surface area contributed by atoms with E-state index in [9.17, 15) is 19.2 Å². The number of carboxylic acids is 4. The molecule has 9 nitrogen and oxygen atoms in total. The molecule has 0 aliphatic carbocycles. The third-order valence-electron chi connectivity index (χ3n) is 2.48. The molecule has 0 bridgehead atoms. The summed E-state index contributed by atoms with van der Waals surface area (Å²) < 4.78 is 0. The lowest BCUT2D eigenvalue weighted by atomic mass is 10.1. The van der Waals surface area contributed by atoms with Gasteiger partial charge in [-0.3, -0.25) is 9.59 Å². The predicted molar refractivity (Wildman–Crippen MR) is 87.6 cm³/mol. The van der Waals surface area contributed by atoms with E-state index < -0.39 is 36.3 Å². The molecule has 0 spiro atoms. The van der Waals surface area contributed by atoms with Crippen LogP contribution in [0.15, 0.2) is 36.4 Å². The number of carboxylic acid groups (broad SMARTS) is 4. The van der Waals surface area contributed by atoms with Gasteiger partial charge < -0.3 is 26.2 Å². The lowest BCUT2D eigenvalue weighted by Gasteiger charge is -1.99. The van der Waals surface area contributed by atoms with Crippen LogP contribution in [0.1, 0.15) is 17.5 Å². The van der Waals surface area contributed by atoms with Gasteiger partial charge >= 0.3 is 23.9 Å². The Kier molecular flexibility index (Phi) is 9.59. The van der Waals surface area contributed by atoms with Gasteiger partial charge in [-0.2, -0.15) is 0 Å². The van der Waals surface area contributed by atoms with Gasteiger partial charge in [-0.1, -0.05) is 24.3 Å². The second kappa shape index (κ2) is 11.1. The molecule has 0 aromatic heterocycles. The summed E-state index contributed by atoms with van der Waals surface area (Å²) in [6.45, 7) is 0. The molecule has 0 fully saturated rings. The van der Waals surface area contributed by atoms with Crippen molar-refractivity contribution >= 4 is 36.0 Å². The van der Waals surface area contributed by atoms with Gasteiger partial charge in [0.25, 0.3) is 0 Å². The van der Waals surface area contributed by atoms with E-state index in [-0.39, 0.29) is 0 Å². The van der Waals surface area contributed by atoms with E-state index in [0.29, 0.717) is 0 Å². The fraction of sp³-hybridized carbons (Fsp3) is 0.125. The first-order chi connectivity index (χ1) is 11.6. The van der Waals surface area contributed by atoms with Crippen molar-refractivity contribution in [2.24, 2.45) is 5.73 Å². The van der Waals surface area contributed by atoms with Gasteiger partial charge in [-0.25, -0.2) is 9.59 Å². The molecule has 25 heavy (non-hydrogen) atoms. The maximum Gasteiger partial charge on any atom is 0.328 e. The number of hydrogen-bond donors (Lipinski definition) is 5. The van der Waals surface area contributed by atoms with Crippen LogP contribution in [0.25, 0.3) is 12.2 Å². The molecule has 0 aliphatic rings. The molecule has 1 aromatic rings. The molecule has 0 radical (unpaired) electrons. The molecule has 0 unspecified atom stereocenters. The van der Waals surface area contributed by atoms with Crippen LogP contribution in [0, 0.1) is 0 Å². The smallest absolute Gasteiger partial charge is 0.328 e. The van der Waals surface area contributed by atoms with E-state index in [0.717, 1.165) is 23.3 Å². The predicted octanol–water partition coefficient (Wildman–Crippen LogP) is 0.755. The quantitative estimate of drug-likeness (QED) is 0.444. The maximum absolute atomic E-state index is 10.3. The van der Waals surface area contributed by atoms with Crippen LogP contribution in [-0.2, 0) is 19.2 Å². The van der Waals surface area contributed by atoms with E-state index in [1.54, 1.807) is 24.3 Å². The van der Waals surface area contributed by atoms with Crippen molar-refractivity contribution in [3.05, 3.63) is 47.5 Å². The van der Waals surface area contributed by atoms with Crippen molar-refractivity contribution in [3.63, 3.8) is 0 Å².